The summed E-state index contributed by atoms with van der Waals surface area (Å²) in [5, 5.41) is 21.6. The topological polar surface area (TPSA) is 97.3 Å². The molecule has 0 heterocycles. The standard InChI is InChI=1S/C26H25NO6/c1-31-23-15-19(16-24(32-2)26(23)33-3)5-4-17-6-10-20(11-7-17)27-25(30)13-9-18-8-12-21(28)22(29)14-18/h4-16,28-29H,1-3H3,(H,27,30)/b5-4?,13-9+. The molecule has 0 aliphatic rings. The van der Waals surface area contributed by atoms with Crippen LogP contribution in [0.2, 0.25) is 0 Å². The van der Waals surface area contributed by atoms with Gasteiger partial charge in [-0.15, -0.1) is 0 Å². The molecule has 3 rings (SSSR count). The largest absolute Gasteiger partial charge is 0.504 e. The molecule has 0 fully saturated rings. The van der Waals surface area contributed by atoms with Gasteiger partial charge < -0.3 is 29.7 Å². The van der Waals surface area contributed by atoms with E-state index in [4.69, 9.17) is 14.2 Å². The van der Waals surface area contributed by atoms with Crippen molar-refractivity contribution in [3.05, 3.63) is 77.4 Å². The van der Waals surface area contributed by atoms with E-state index in [0.29, 0.717) is 28.5 Å². The van der Waals surface area contributed by atoms with Crippen LogP contribution < -0.4 is 19.5 Å². The minimum absolute atomic E-state index is 0.212. The number of carbonyl (C=O) groups is 1. The summed E-state index contributed by atoms with van der Waals surface area (Å²) in [4.78, 5) is 12.1. The third-order valence-electron chi connectivity index (χ3n) is 4.76. The molecule has 0 saturated heterocycles. The van der Waals surface area contributed by atoms with E-state index in [1.807, 2.05) is 36.4 Å². The van der Waals surface area contributed by atoms with Crippen LogP contribution in [-0.2, 0) is 4.79 Å². The van der Waals surface area contributed by atoms with Crippen molar-refractivity contribution in [1.82, 2.24) is 0 Å². The van der Waals surface area contributed by atoms with E-state index in [2.05, 4.69) is 5.32 Å². The van der Waals surface area contributed by atoms with Crippen molar-refractivity contribution in [2.24, 2.45) is 0 Å². The first-order chi connectivity index (χ1) is 15.9. The van der Waals surface area contributed by atoms with Crippen LogP contribution in [0, 0.1) is 0 Å². The van der Waals surface area contributed by atoms with Crippen molar-refractivity contribution >= 4 is 29.8 Å². The zero-order valence-corrected chi connectivity index (χ0v) is 18.5. The van der Waals surface area contributed by atoms with Gasteiger partial charge in [-0.25, -0.2) is 0 Å². The third-order valence-corrected chi connectivity index (χ3v) is 4.76. The van der Waals surface area contributed by atoms with E-state index < -0.39 is 0 Å². The fourth-order valence-electron chi connectivity index (χ4n) is 3.07. The first kappa shape index (κ1) is 23.3. The SMILES string of the molecule is COc1cc(C=Cc2ccc(NC(=O)/C=C/c3ccc(O)c(O)c3)cc2)cc(OC)c1OC. The van der Waals surface area contributed by atoms with E-state index in [9.17, 15) is 15.0 Å². The summed E-state index contributed by atoms with van der Waals surface area (Å²) in [6, 6.07) is 15.4. The number of aromatic hydroxyl groups is 2. The molecule has 0 radical (unpaired) electrons. The van der Waals surface area contributed by atoms with E-state index in [1.165, 1.54) is 18.2 Å². The van der Waals surface area contributed by atoms with Crippen molar-refractivity contribution in [2.45, 2.75) is 0 Å². The number of hydrogen-bond acceptors (Lipinski definition) is 6. The van der Waals surface area contributed by atoms with Crippen LogP contribution in [0.4, 0.5) is 5.69 Å². The Balaban J connectivity index is 1.65. The number of phenols is 2. The highest BCUT2D eigenvalue weighted by Gasteiger charge is 2.12. The quantitative estimate of drug-likeness (QED) is 0.257. The van der Waals surface area contributed by atoms with Gasteiger partial charge in [-0.1, -0.05) is 30.4 Å². The highest BCUT2D eigenvalue weighted by atomic mass is 16.5. The molecule has 3 aromatic rings. The molecule has 0 unspecified atom stereocenters. The smallest absolute Gasteiger partial charge is 0.248 e. The summed E-state index contributed by atoms with van der Waals surface area (Å²) in [6.07, 6.45) is 6.75. The molecule has 7 nitrogen and oxygen atoms in total. The zero-order chi connectivity index (χ0) is 23.8. The van der Waals surface area contributed by atoms with Crippen molar-refractivity contribution in [1.29, 1.82) is 0 Å². The molecule has 0 aliphatic heterocycles. The van der Waals surface area contributed by atoms with Gasteiger partial charge in [0.1, 0.15) is 0 Å². The van der Waals surface area contributed by atoms with Crippen LogP contribution in [0.1, 0.15) is 16.7 Å². The maximum atomic E-state index is 12.1. The second-order valence-corrected chi connectivity index (χ2v) is 6.98. The predicted molar refractivity (Wildman–Crippen MR) is 129 cm³/mol. The normalized spacial score (nSPS) is 11.0. The number of ether oxygens (including phenoxy) is 3. The number of amides is 1. The summed E-state index contributed by atoms with van der Waals surface area (Å²) >= 11 is 0. The molecule has 33 heavy (non-hydrogen) atoms. The monoisotopic (exact) mass is 447 g/mol. The van der Waals surface area contributed by atoms with Gasteiger partial charge >= 0.3 is 0 Å². The highest BCUT2D eigenvalue weighted by molar-refractivity contribution is 6.02. The average molecular weight is 447 g/mol. The summed E-state index contributed by atoms with van der Waals surface area (Å²) in [5.41, 5.74) is 3.06. The summed E-state index contributed by atoms with van der Waals surface area (Å²) in [7, 11) is 4.70. The molecule has 3 aromatic carbocycles. The van der Waals surface area contributed by atoms with Gasteiger partial charge in [0.2, 0.25) is 11.7 Å². The van der Waals surface area contributed by atoms with Gasteiger partial charge in [0.05, 0.1) is 21.3 Å². The Labute approximate surface area is 192 Å². The van der Waals surface area contributed by atoms with Gasteiger partial charge in [-0.2, -0.15) is 0 Å². The van der Waals surface area contributed by atoms with Crippen LogP contribution in [0.15, 0.2) is 60.7 Å². The lowest BCUT2D eigenvalue weighted by Gasteiger charge is -2.12. The first-order valence-electron chi connectivity index (χ1n) is 10.0. The number of rotatable bonds is 8. The Bertz CT molecular complexity index is 1160. The molecule has 170 valence electrons. The van der Waals surface area contributed by atoms with Gasteiger partial charge in [-0.05, 0) is 59.2 Å². The third kappa shape index (κ3) is 6.07. The Morgan fingerprint density at radius 3 is 1.91 bits per heavy atom. The Kier molecular flexibility index (Phi) is 7.60. The maximum absolute atomic E-state index is 12.1. The van der Waals surface area contributed by atoms with Crippen LogP contribution in [-0.4, -0.2) is 37.4 Å². The van der Waals surface area contributed by atoms with Crippen LogP contribution in [0.5, 0.6) is 28.7 Å². The van der Waals surface area contributed by atoms with E-state index in [-0.39, 0.29) is 17.4 Å². The summed E-state index contributed by atoms with van der Waals surface area (Å²) in [5.74, 6) is 0.913. The van der Waals surface area contributed by atoms with Crippen LogP contribution in [0.3, 0.4) is 0 Å². The second-order valence-electron chi connectivity index (χ2n) is 6.98. The molecule has 7 heteroatoms. The number of nitrogens with one attached hydrogen (secondary N) is 1. The Hall–Kier alpha value is -4.39. The molecular weight excluding hydrogens is 422 g/mol. The Morgan fingerprint density at radius 1 is 0.727 bits per heavy atom. The molecule has 0 aromatic heterocycles. The average Bonchev–Trinajstić information content (AvgIpc) is 2.83. The molecule has 0 aliphatic carbocycles. The number of hydrogen-bond donors (Lipinski definition) is 3. The molecule has 1 amide bonds. The molecule has 0 atom stereocenters. The highest BCUT2D eigenvalue weighted by Crippen LogP contribution is 2.38. The fourth-order valence-corrected chi connectivity index (χ4v) is 3.07. The lowest BCUT2D eigenvalue weighted by atomic mass is 10.1. The minimum atomic E-state index is -0.316. The fraction of sp³-hybridized carbons (Fsp3) is 0.115. The second kappa shape index (κ2) is 10.8. The number of methoxy groups -OCH3 is 3. The van der Waals surface area contributed by atoms with Crippen LogP contribution >= 0.6 is 0 Å². The van der Waals surface area contributed by atoms with E-state index >= 15 is 0 Å². The number of carbonyl (C=O) groups excluding carboxylic acids is 1. The van der Waals surface area contributed by atoms with Crippen molar-refractivity contribution in [2.75, 3.05) is 26.6 Å². The summed E-state index contributed by atoms with van der Waals surface area (Å²) < 4.78 is 16.1. The molecular formula is C26H25NO6. The zero-order valence-electron chi connectivity index (χ0n) is 18.5. The van der Waals surface area contributed by atoms with Crippen molar-refractivity contribution in [3.8, 4) is 28.7 Å². The Morgan fingerprint density at radius 2 is 1.33 bits per heavy atom. The van der Waals surface area contributed by atoms with Crippen LogP contribution in [0.25, 0.3) is 18.2 Å². The molecule has 0 spiro atoms. The molecule has 0 saturated carbocycles. The molecule has 3 N–H and O–H groups in total. The van der Waals surface area contributed by atoms with E-state index in [0.717, 1.165) is 11.1 Å². The number of anilines is 1. The number of benzene rings is 3. The number of phenolic OH excluding ortho intramolecular Hbond substituents is 2. The minimum Gasteiger partial charge on any atom is -0.504 e. The van der Waals surface area contributed by atoms with Gasteiger partial charge in [0.15, 0.2) is 23.0 Å². The maximum Gasteiger partial charge on any atom is 0.248 e. The van der Waals surface area contributed by atoms with Gasteiger partial charge in [-0.3, -0.25) is 4.79 Å². The summed E-state index contributed by atoms with van der Waals surface area (Å²) in [6.45, 7) is 0. The van der Waals surface area contributed by atoms with Gasteiger partial charge in [0.25, 0.3) is 0 Å². The van der Waals surface area contributed by atoms with Crippen molar-refractivity contribution < 1.29 is 29.2 Å². The molecule has 0 bridgehead atoms. The van der Waals surface area contributed by atoms with Crippen molar-refractivity contribution in [3.63, 3.8) is 0 Å². The predicted octanol–water partition coefficient (Wildman–Crippen LogP) is 4.95. The van der Waals surface area contributed by atoms with Gasteiger partial charge in [0, 0.05) is 11.8 Å². The lowest BCUT2D eigenvalue weighted by Crippen LogP contribution is -2.07. The lowest BCUT2D eigenvalue weighted by molar-refractivity contribution is -0.111. The first-order valence-corrected chi connectivity index (χ1v) is 10.0. The van der Waals surface area contributed by atoms with E-state index in [1.54, 1.807) is 45.6 Å².